The average molecular weight is 359 g/mol. The predicted molar refractivity (Wildman–Crippen MR) is 92.0 cm³/mol. The molecule has 116 valence electrons. The molecule has 22 heavy (non-hydrogen) atoms. The quantitative estimate of drug-likeness (QED) is 0.845. The Bertz CT molecular complexity index is 659. The second kappa shape index (κ2) is 7.84. The van der Waals surface area contributed by atoms with Crippen molar-refractivity contribution < 1.29 is 9.69 Å². The zero-order valence-corrected chi connectivity index (χ0v) is 14.3. The van der Waals surface area contributed by atoms with E-state index in [1.807, 2.05) is 31.3 Å². The maximum Gasteiger partial charge on any atom is 0.279 e. The highest BCUT2D eigenvalue weighted by atomic mass is 35.5. The third kappa shape index (κ3) is 4.89. The lowest BCUT2D eigenvalue weighted by Crippen LogP contribution is -3.08. The summed E-state index contributed by atoms with van der Waals surface area (Å²) in [4.78, 5) is 13.1. The zero-order valence-electron chi connectivity index (χ0n) is 12.0. The lowest BCUT2D eigenvalue weighted by atomic mass is 10.2. The number of amides is 1. The number of benzene rings is 2. The average Bonchev–Trinajstić information content (AvgIpc) is 2.46. The number of quaternary nitrogens is 1. The highest BCUT2D eigenvalue weighted by molar-refractivity contribution is 6.44. The Morgan fingerprint density at radius 3 is 2.45 bits per heavy atom. The SMILES string of the molecule is C[NH+](CC(=O)Nc1cccc(Cl)c1Cl)Cc1ccc(Cl)cc1. The summed E-state index contributed by atoms with van der Waals surface area (Å²) in [5.74, 6) is -0.115. The minimum atomic E-state index is -0.115. The number of carbonyl (C=O) groups excluding carboxylic acids is 1. The molecule has 0 aliphatic carbocycles. The van der Waals surface area contributed by atoms with Crippen molar-refractivity contribution in [1.82, 2.24) is 0 Å². The maximum atomic E-state index is 12.1. The molecule has 0 aliphatic rings. The van der Waals surface area contributed by atoms with E-state index in [0.29, 0.717) is 27.3 Å². The minimum absolute atomic E-state index is 0.115. The van der Waals surface area contributed by atoms with E-state index in [-0.39, 0.29) is 5.91 Å². The first-order chi connectivity index (χ1) is 10.5. The fourth-order valence-electron chi connectivity index (χ4n) is 2.08. The van der Waals surface area contributed by atoms with Gasteiger partial charge in [-0.1, -0.05) is 53.0 Å². The molecule has 2 aromatic carbocycles. The minimum Gasteiger partial charge on any atom is -0.326 e. The number of rotatable bonds is 5. The summed E-state index contributed by atoms with van der Waals surface area (Å²) in [6.45, 7) is 1.05. The molecule has 0 radical (unpaired) electrons. The summed E-state index contributed by atoms with van der Waals surface area (Å²) < 4.78 is 0. The molecule has 6 heteroatoms. The number of halogens is 3. The van der Waals surface area contributed by atoms with Crippen LogP contribution in [0.25, 0.3) is 0 Å². The Labute approximate surface area is 144 Å². The Morgan fingerprint density at radius 1 is 1.09 bits per heavy atom. The number of nitrogens with one attached hydrogen (secondary N) is 2. The summed E-state index contributed by atoms with van der Waals surface area (Å²) in [6, 6.07) is 12.7. The predicted octanol–water partition coefficient (Wildman–Crippen LogP) is 3.30. The van der Waals surface area contributed by atoms with Gasteiger partial charge < -0.3 is 10.2 Å². The number of likely N-dealkylation sites (N-methyl/N-ethyl adjacent to an activating group) is 1. The van der Waals surface area contributed by atoms with Gasteiger partial charge >= 0.3 is 0 Å². The van der Waals surface area contributed by atoms with Gasteiger partial charge in [-0.15, -0.1) is 0 Å². The summed E-state index contributed by atoms with van der Waals surface area (Å²) in [5, 5.41) is 4.26. The van der Waals surface area contributed by atoms with Gasteiger partial charge in [0.1, 0.15) is 6.54 Å². The van der Waals surface area contributed by atoms with Gasteiger partial charge in [-0.2, -0.15) is 0 Å². The highest BCUT2D eigenvalue weighted by Crippen LogP contribution is 2.29. The van der Waals surface area contributed by atoms with E-state index in [2.05, 4.69) is 5.32 Å². The Hall–Kier alpha value is -1.26. The standard InChI is InChI=1S/C16H15Cl3N2O/c1-21(9-11-5-7-12(17)8-6-11)10-15(22)20-14-4-2-3-13(18)16(14)19/h2-8H,9-10H2,1H3,(H,20,22)/p+1. The van der Waals surface area contributed by atoms with Gasteiger partial charge in [-0.05, 0) is 24.3 Å². The third-order valence-corrected chi connectivity index (χ3v) is 4.18. The summed E-state index contributed by atoms with van der Waals surface area (Å²) in [5.41, 5.74) is 1.65. The van der Waals surface area contributed by atoms with Crippen molar-refractivity contribution in [3.05, 3.63) is 63.1 Å². The van der Waals surface area contributed by atoms with Crippen LogP contribution in [-0.4, -0.2) is 19.5 Å². The highest BCUT2D eigenvalue weighted by Gasteiger charge is 2.13. The van der Waals surface area contributed by atoms with Crippen LogP contribution in [-0.2, 0) is 11.3 Å². The second-order valence-corrected chi connectivity index (χ2v) is 6.31. The smallest absolute Gasteiger partial charge is 0.279 e. The Balaban J connectivity index is 1.91. The van der Waals surface area contributed by atoms with Crippen LogP contribution in [0.4, 0.5) is 5.69 Å². The van der Waals surface area contributed by atoms with Crippen molar-refractivity contribution in [3.8, 4) is 0 Å². The van der Waals surface area contributed by atoms with E-state index >= 15 is 0 Å². The molecule has 0 saturated carbocycles. The van der Waals surface area contributed by atoms with Gasteiger partial charge in [0.2, 0.25) is 0 Å². The van der Waals surface area contributed by atoms with Crippen LogP contribution in [0.5, 0.6) is 0 Å². The van der Waals surface area contributed by atoms with E-state index in [1.165, 1.54) is 0 Å². The second-order valence-electron chi connectivity index (χ2n) is 5.09. The van der Waals surface area contributed by atoms with Crippen molar-refractivity contribution in [2.75, 3.05) is 18.9 Å². The topological polar surface area (TPSA) is 33.5 Å². The van der Waals surface area contributed by atoms with Crippen LogP contribution in [0, 0.1) is 0 Å². The van der Waals surface area contributed by atoms with Crippen LogP contribution in [0.2, 0.25) is 15.1 Å². The van der Waals surface area contributed by atoms with Crippen LogP contribution in [0.3, 0.4) is 0 Å². The molecule has 3 nitrogen and oxygen atoms in total. The molecule has 0 aliphatic heterocycles. The third-order valence-electron chi connectivity index (χ3n) is 3.11. The molecule has 0 aromatic heterocycles. The molecule has 0 heterocycles. The van der Waals surface area contributed by atoms with E-state index in [4.69, 9.17) is 34.8 Å². The lowest BCUT2D eigenvalue weighted by Gasteiger charge is -2.14. The molecular formula is C16H16Cl3N2O+. The fraction of sp³-hybridized carbons (Fsp3) is 0.188. The first kappa shape index (κ1) is 17.1. The number of hydrogen-bond acceptors (Lipinski definition) is 1. The van der Waals surface area contributed by atoms with Crippen molar-refractivity contribution in [1.29, 1.82) is 0 Å². The van der Waals surface area contributed by atoms with Crippen LogP contribution in [0.1, 0.15) is 5.56 Å². The summed E-state index contributed by atoms with van der Waals surface area (Å²) >= 11 is 17.8. The monoisotopic (exact) mass is 357 g/mol. The van der Waals surface area contributed by atoms with Gasteiger partial charge in [0.15, 0.2) is 6.54 Å². The number of carbonyl (C=O) groups is 1. The van der Waals surface area contributed by atoms with Gasteiger partial charge in [0.05, 0.1) is 22.8 Å². The Morgan fingerprint density at radius 2 is 1.77 bits per heavy atom. The summed E-state index contributed by atoms with van der Waals surface area (Å²) in [7, 11) is 1.95. The van der Waals surface area contributed by atoms with E-state index < -0.39 is 0 Å². The molecule has 2 aromatic rings. The van der Waals surface area contributed by atoms with E-state index in [9.17, 15) is 4.79 Å². The van der Waals surface area contributed by atoms with E-state index in [1.54, 1.807) is 18.2 Å². The van der Waals surface area contributed by atoms with Crippen LogP contribution in [0.15, 0.2) is 42.5 Å². The van der Waals surface area contributed by atoms with Gasteiger partial charge in [-0.25, -0.2) is 0 Å². The fourth-order valence-corrected chi connectivity index (χ4v) is 2.56. The first-order valence-electron chi connectivity index (χ1n) is 6.75. The maximum absolute atomic E-state index is 12.1. The van der Waals surface area contributed by atoms with Crippen LogP contribution >= 0.6 is 34.8 Å². The van der Waals surface area contributed by atoms with Crippen molar-refractivity contribution in [2.24, 2.45) is 0 Å². The molecular weight excluding hydrogens is 343 g/mol. The van der Waals surface area contributed by atoms with Gasteiger partial charge in [0, 0.05) is 10.6 Å². The molecule has 1 atom stereocenters. The van der Waals surface area contributed by atoms with Gasteiger partial charge in [0.25, 0.3) is 5.91 Å². The molecule has 0 spiro atoms. The lowest BCUT2D eigenvalue weighted by molar-refractivity contribution is -0.885. The molecule has 1 unspecified atom stereocenters. The molecule has 2 N–H and O–H groups in total. The summed E-state index contributed by atoms with van der Waals surface area (Å²) in [6.07, 6.45) is 0. The molecule has 0 fully saturated rings. The van der Waals surface area contributed by atoms with Crippen molar-refractivity contribution in [2.45, 2.75) is 6.54 Å². The number of anilines is 1. The zero-order chi connectivity index (χ0) is 16.1. The first-order valence-corrected chi connectivity index (χ1v) is 7.88. The van der Waals surface area contributed by atoms with Crippen molar-refractivity contribution >= 4 is 46.4 Å². The molecule has 0 saturated heterocycles. The molecule has 1 amide bonds. The Kier molecular flexibility index (Phi) is 6.09. The van der Waals surface area contributed by atoms with Crippen LogP contribution < -0.4 is 10.2 Å². The number of hydrogen-bond donors (Lipinski definition) is 2. The van der Waals surface area contributed by atoms with Crippen molar-refractivity contribution in [3.63, 3.8) is 0 Å². The largest absolute Gasteiger partial charge is 0.326 e. The molecule has 2 rings (SSSR count). The van der Waals surface area contributed by atoms with Gasteiger partial charge in [-0.3, -0.25) is 4.79 Å². The van der Waals surface area contributed by atoms with E-state index in [0.717, 1.165) is 17.0 Å². The normalized spacial score (nSPS) is 12.0. The molecule has 0 bridgehead atoms.